The minimum absolute atomic E-state index is 0.0131. The number of aliphatic hydroxyl groups is 1. The number of nitrogens with one attached hydrogen (secondary N) is 2. The monoisotopic (exact) mass is 280 g/mol. The highest BCUT2D eigenvalue weighted by Crippen LogP contribution is 2.42. The number of hydrogen-bond acceptors (Lipinski definition) is 4. The number of thioether (sulfide) groups is 1. The van der Waals surface area contributed by atoms with Gasteiger partial charge < -0.3 is 15.7 Å². The molecule has 2 amide bonds. The van der Waals surface area contributed by atoms with Gasteiger partial charge in [0.25, 0.3) is 0 Å². The van der Waals surface area contributed by atoms with E-state index in [9.17, 15) is 9.59 Å². The molecule has 0 unspecified atom stereocenters. The van der Waals surface area contributed by atoms with Crippen LogP contribution < -0.4 is 10.6 Å². The highest BCUT2D eigenvalue weighted by atomic mass is 32.2. The predicted molar refractivity (Wildman–Crippen MR) is 74.0 cm³/mol. The van der Waals surface area contributed by atoms with Crippen molar-refractivity contribution in [3.63, 3.8) is 0 Å². The van der Waals surface area contributed by atoms with Crippen molar-refractivity contribution >= 4 is 29.3 Å². The van der Waals surface area contributed by atoms with Gasteiger partial charge in [-0.2, -0.15) is 0 Å². The van der Waals surface area contributed by atoms with Crippen molar-refractivity contribution in [2.24, 2.45) is 0 Å². The van der Waals surface area contributed by atoms with E-state index in [2.05, 4.69) is 10.6 Å². The van der Waals surface area contributed by atoms with Crippen LogP contribution in [0.5, 0.6) is 0 Å². The number of carbonyl (C=O) groups is 2. The van der Waals surface area contributed by atoms with E-state index < -0.39 is 4.75 Å². The van der Waals surface area contributed by atoms with E-state index in [-0.39, 0.29) is 18.4 Å². The molecule has 19 heavy (non-hydrogen) atoms. The van der Waals surface area contributed by atoms with Crippen LogP contribution in [-0.2, 0) is 9.59 Å². The van der Waals surface area contributed by atoms with Crippen LogP contribution in [-0.4, -0.2) is 34.8 Å². The lowest BCUT2D eigenvalue weighted by atomic mass is 10.1. The maximum Gasteiger partial charge on any atom is 0.250 e. The lowest BCUT2D eigenvalue weighted by Gasteiger charge is -2.31. The van der Waals surface area contributed by atoms with Crippen LogP contribution in [0.3, 0.4) is 0 Å². The summed E-state index contributed by atoms with van der Waals surface area (Å²) in [5, 5.41) is 14.1. The minimum atomic E-state index is -1.18. The Labute approximate surface area is 115 Å². The number of amides is 2. The van der Waals surface area contributed by atoms with Gasteiger partial charge in [0.05, 0.1) is 5.69 Å². The van der Waals surface area contributed by atoms with Crippen LogP contribution in [0.4, 0.5) is 5.69 Å². The number of carbonyl (C=O) groups excluding carboxylic acids is 2. The average molecular weight is 280 g/mol. The SMILES string of the molecule is C[C@]1(C(=O)NCCCO)Sc2ccccc2NC1=O. The Hall–Kier alpha value is -1.53. The van der Waals surface area contributed by atoms with Gasteiger partial charge in [-0.15, -0.1) is 0 Å². The Morgan fingerprint density at radius 2 is 2.21 bits per heavy atom. The van der Waals surface area contributed by atoms with Gasteiger partial charge >= 0.3 is 0 Å². The molecule has 5 nitrogen and oxygen atoms in total. The second-order valence-corrected chi connectivity index (χ2v) is 5.88. The van der Waals surface area contributed by atoms with Gasteiger partial charge in [-0.05, 0) is 25.5 Å². The topological polar surface area (TPSA) is 78.4 Å². The van der Waals surface area contributed by atoms with Crippen LogP contribution in [0.15, 0.2) is 29.2 Å². The smallest absolute Gasteiger partial charge is 0.250 e. The van der Waals surface area contributed by atoms with Gasteiger partial charge in [0.2, 0.25) is 11.8 Å². The van der Waals surface area contributed by atoms with E-state index in [4.69, 9.17) is 5.11 Å². The van der Waals surface area contributed by atoms with Gasteiger partial charge in [0, 0.05) is 18.0 Å². The summed E-state index contributed by atoms with van der Waals surface area (Å²) in [5.74, 6) is -0.657. The third-order valence-electron chi connectivity index (χ3n) is 2.94. The summed E-state index contributed by atoms with van der Waals surface area (Å²) in [4.78, 5) is 25.1. The first-order valence-electron chi connectivity index (χ1n) is 6.06. The fourth-order valence-corrected chi connectivity index (χ4v) is 2.89. The van der Waals surface area contributed by atoms with Crippen LogP contribution in [0.25, 0.3) is 0 Å². The number of hydrogen-bond donors (Lipinski definition) is 3. The number of rotatable bonds is 4. The molecule has 1 atom stereocenters. The van der Waals surface area contributed by atoms with Crippen molar-refractivity contribution in [1.29, 1.82) is 0 Å². The Balaban J connectivity index is 2.15. The Morgan fingerprint density at radius 1 is 1.47 bits per heavy atom. The van der Waals surface area contributed by atoms with E-state index >= 15 is 0 Å². The molecule has 0 aromatic heterocycles. The molecule has 2 rings (SSSR count). The Morgan fingerprint density at radius 3 is 2.95 bits per heavy atom. The highest BCUT2D eigenvalue weighted by Gasteiger charge is 2.45. The first kappa shape index (κ1) is 13.9. The molecule has 102 valence electrons. The molecule has 0 radical (unpaired) electrons. The van der Waals surface area contributed by atoms with Crippen molar-refractivity contribution < 1.29 is 14.7 Å². The first-order chi connectivity index (χ1) is 9.08. The molecule has 0 fully saturated rings. The summed E-state index contributed by atoms with van der Waals surface area (Å²) in [7, 11) is 0. The number of anilines is 1. The van der Waals surface area contributed by atoms with Crippen LogP contribution in [0, 0.1) is 0 Å². The largest absolute Gasteiger partial charge is 0.396 e. The molecule has 0 aliphatic carbocycles. The average Bonchev–Trinajstić information content (AvgIpc) is 2.40. The molecule has 1 aromatic carbocycles. The first-order valence-corrected chi connectivity index (χ1v) is 6.88. The lowest BCUT2D eigenvalue weighted by Crippen LogP contribution is -2.52. The van der Waals surface area contributed by atoms with E-state index in [1.165, 1.54) is 11.8 Å². The molecule has 1 heterocycles. The zero-order valence-corrected chi connectivity index (χ0v) is 11.4. The zero-order valence-electron chi connectivity index (χ0n) is 10.6. The molecule has 1 aliphatic rings. The van der Waals surface area contributed by atoms with Crippen LogP contribution in [0.1, 0.15) is 13.3 Å². The second kappa shape index (κ2) is 5.63. The Kier molecular flexibility index (Phi) is 4.11. The quantitative estimate of drug-likeness (QED) is 0.567. The molecule has 0 saturated heterocycles. The van der Waals surface area contributed by atoms with Gasteiger partial charge in [-0.25, -0.2) is 0 Å². The normalized spacial score (nSPS) is 21.5. The summed E-state index contributed by atoms with van der Waals surface area (Å²) in [5.41, 5.74) is 0.734. The number of aliphatic hydroxyl groups excluding tert-OH is 1. The molecule has 6 heteroatoms. The summed E-state index contributed by atoms with van der Waals surface area (Å²) in [6.45, 7) is 1.98. The maximum atomic E-state index is 12.1. The molecule has 0 spiro atoms. The van der Waals surface area contributed by atoms with Gasteiger partial charge in [0.15, 0.2) is 4.75 Å². The van der Waals surface area contributed by atoms with Gasteiger partial charge in [-0.1, -0.05) is 23.9 Å². The fourth-order valence-electron chi connectivity index (χ4n) is 1.77. The molecular weight excluding hydrogens is 264 g/mol. The molecule has 1 aromatic rings. The summed E-state index contributed by atoms with van der Waals surface area (Å²) in [6, 6.07) is 7.39. The summed E-state index contributed by atoms with van der Waals surface area (Å²) in [6.07, 6.45) is 0.477. The van der Waals surface area contributed by atoms with Crippen molar-refractivity contribution in [3.05, 3.63) is 24.3 Å². The van der Waals surface area contributed by atoms with E-state index in [0.717, 1.165) is 10.6 Å². The lowest BCUT2D eigenvalue weighted by molar-refractivity contribution is -0.129. The van der Waals surface area contributed by atoms with Crippen molar-refractivity contribution in [3.8, 4) is 0 Å². The van der Waals surface area contributed by atoms with Crippen LogP contribution in [0.2, 0.25) is 0 Å². The molecule has 0 bridgehead atoms. The fraction of sp³-hybridized carbons (Fsp3) is 0.385. The van der Waals surface area contributed by atoms with Gasteiger partial charge in [0.1, 0.15) is 0 Å². The number of fused-ring (bicyclic) bond motifs is 1. The maximum absolute atomic E-state index is 12.1. The standard InChI is InChI=1S/C13H16N2O3S/c1-13(11(17)14-7-4-8-16)12(18)15-9-5-2-3-6-10(9)19-13/h2-3,5-6,16H,4,7-8H2,1H3,(H,14,17)(H,15,18)/t13-/m1/s1. The van der Waals surface area contributed by atoms with Gasteiger partial charge in [-0.3, -0.25) is 9.59 Å². The zero-order chi connectivity index (χ0) is 13.9. The predicted octanol–water partition coefficient (Wildman–Crippen LogP) is 0.988. The van der Waals surface area contributed by atoms with Crippen molar-refractivity contribution in [2.75, 3.05) is 18.5 Å². The number of benzene rings is 1. The summed E-state index contributed by atoms with van der Waals surface area (Å²) >= 11 is 1.25. The van der Waals surface area contributed by atoms with Crippen LogP contribution >= 0.6 is 11.8 Å². The number of para-hydroxylation sites is 1. The highest BCUT2D eigenvalue weighted by molar-refractivity contribution is 8.02. The molecular formula is C13H16N2O3S. The summed E-state index contributed by atoms with van der Waals surface area (Å²) < 4.78 is -1.18. The molecule has 3 N–H and O–H groups in total. The Bertz CT molecular complexity index is 506. The minimum Gasteiger partial charge on any atom is -0.396 e. The third kappa shape index (κ3) is 2.74. The van der Waals surface area contributed by atoms with Crippen molar-refractivity contribution in [2.45, 2.75) is 23.0 Å². The van der Waals surface area contributed by atoms with Crippen molar-refractivity contribution in [1.82, 2.24) is 5.32 Å². The van der Waals surface area contributed by atoms with E-state index in [0.29, 0.717) is 13.0 Å². The third-order valence-corrected chi connectivity index (χ3v) is 4.29. The van der Waals surface area contributed by atoms with E-state index in [1.54, 1.807) is 6.92 Å². The molecule has 1 aliphatic heterocycles. The second-order valence-electron chi connectivity index (χ2n) is 4.42. The molecule has 0 saturated carbocycles. The van der Waals surface area contributed by atoms with E-state index in [1.807, 2.05) is 24.3 Å².